The second kappa shape index (κ2) is 8.05. The first-order valence-electron chi connectivity index (χ1n) is 9.08. The van der Waals surface area contributed by atoms with Gasteiger partial charge >= 0.3 is 6.03 Å². The number of para-hydroxylation sites is 1. The second-order valence-corrected chi connectivity index (χ2v) is 7.17. The van der Waals surface area contributed by atoms with Gasteiger partial charge in [0.05, 0.1) is 5.69 Å². The summed E-state index contributed by atoms with van der Waals surface area (Å²) in [5.74, 6) is -1.30. The van der Waals surface area contributed by atoms with Crippen molar-refractivity contribution < 1.29 is 19.2 Å². The molecule has 1 aliphatic rings. The quantitative estimate of drug-likeness (QED) is 0.560. The van der Waals surface area contributed by atoms with E-state index >= 15 is 0 Å². The number of urea groups is 1. The summed E-state index contributed by atoms with van der Waals surface area (Å²) >= 11 is 5.92. The molecule has 8 heteroatoms. The Kier molecular flexibility index (Phi) is 5.70. The Labute approximate surface area is 173 Å². The molecule has 4 amide bonds. The second-order valence-electron chi connectivity index (χ2n) is 6.74. The van der Waals surface area contributed by atoms with Gasteiger partial charge < -0.3 is 10.6 Å². The number of amides is 4. The monoisotopic (exact) mass is 413 g/mol. The third kappa shape index (κ3) is 3.86. The van der Waals surface area contributed by atoms with Crippen molar-refractivity contribution in [2.75, 3.05) is 11.9 Å². The third-order valence-electron chi connectivity index (χ3n) is 4.93. The van der Waals surface area contributed by atoms with Gasteiger partial charge in [-0.2, -0.15) is 0 Å². The van der Waals surface area contributed by atoms with E-state index in [1.165, 1.54) is 6.92 Å². The van der Waals surface area contributed by atoms with E-state index in [0.717, 1.165) is 4.90 Å². The topological polar surface area (TPSA) is 95.6 Å². The van der Waals surface area contributed by atoms with Crippen LogP contribution in [0, 0.1) is 0 Å². The van der Waals surface area contributed by atoms with E-state index in [9.17, 15) is 19.2 Å². The summed E-state index contributed by atoms with van der Waals surface area (Å²) in [6.07, 6.45) is 0.310. The fraction of sp³-hybridized carbons (Fsp3) is 0.238. The molecule has 2 aromatic rings. The lowest BCUT2D eigenvalue weighted by Crippen LogP contribution is -2.44. The maximum absolute atomic E-state index is 13.1. The Morgan fingerprint density at radius 3 is 2.38 bits per heavy atom. The van der Waals surface area contributed by atoms with Gasteiger partial charge in [0.2, 0.25) is 5.91 Å². The molecule has 1 heterocycles. The minimum absolute atomic E-state index is 0.205. The zero-order valence-electron chi connectivity index (χ0n) is 16.0. The molecule has 3 rings (SSSR count). The molecule has 2 aromatic carbocycles. The largest absolute Gasteiger partial charge is 0.325 e. The predicted octanol–water partition coefficient (Wildman–Crippen LogP) is 3.34. The van der Waals surface area contributed by atoms with Crippen molar-refractivity contribution in [3.63, 3.8) is 0 Å². The lowest BCUT2D eigenvalue weighted by atomic mass is 9.87. The Bertz CT molecular complexity index is 990. The first-order chi connectivity index (χ1) is 13.8. The number of imide groups is 1. The van der Waals surface area contributed by atoms with Gasteiger partial charge in [-0.3, -0.25) is 19.3 Å². The molecular weight excluding hydrogens is 394 g/mol. The van der Waals surface area contributed by atoms with E-state index in [-0.39, 0.29) is 5.78 Å². The summed E-state index contributed by atoms with van der Waals surface area (Å²) in [7, 11) is 0. The molecule has 7 nitrogen and oxygen atoms in total. The van der Waals surface area contributed by atoms with Gasteiger partial charge in [0, 0.05) is 10.6 Å². The van der Waals surface area contributed by atoms with Crippen LogP contribution in [0.25, 0.3) is 0 Å². The minimum Gasteiger partial charge on any atom is -0.324 e. The van der Waals surface area contributed by atoms with Gasteiger partial charge in [-0.05, 0) is 43.2 Å². The Morgan fingerprint density at radius 2 is 1.76 bits per heavy atom. The summed E-state index contributed by atoms with van der Waals surface area (Å²) in [5.41, 5.74) is 0.0189. The molecule has 1 aliphatic heterocycles. The van der Waals surface area contributed by atoms with E-state index in [2.05, 4.69) is 10.6 Å². The lowest BCUT2D eigenvalue weighted by Gasteiger charge is -2.25. The molecule has 0 saturated carbocycles. The molecule has 1 atom stereocenters. The Hall–Kier alpha value is -3.19. The fourth-order valence-electron chi connectivity index (χ4n) is 3.38. The lowest BCUT2D eigenvalue weighted by molar-refractivity contribution is -0.134. The number of benzene rings is 2. The van der Waals surface area contributed by atoms with Crippen LogP contribution in [-0.2, 0) is 15.1 Å². The Morgan fingerprint density at radius 1 is 1.10 bits per heavy atom. The first kappa shape index (κ1) is 20.5. The van der Waals surface area contributed by atoms with Gasteiger partial charge in [-0.15, -0.1) is 0 Å². The van der Waals surface area contributed by atoms with Crippen LogP contribution in [0.1, 0.15) is 36.2 Å². The smallest absolute Gasteiger partial charge is 0.324 e. The molecule has 150 valence electrons. The van der Waals surface area contributed by atoms with Gasteiger partial charge in [-0.1, -0.05) is 42.8 Å². The molecule has 1 saturated heterocycles. The maximum atomic E-state index is 13.1. The molecule has 0 aliphatic carbocycles. The molecular formula is C21H20ClN3O4. The van der Waals surface area contributed by atoms with Gasteiger partial charge in [-0.25, -0.2) is 4.79 Å². The Balaban J connectivity index is 1.80. The van der Waals surface area contributed by atoms with Crippen LogP contribution in [0.3, 0.4) is 0 Å². The number of nitrogens with one attached hydrogen (secondary N) is 2. The molecule has 29 heavy (non-hydrogen) atoms. The van der Waals surface area contributed by atoms with E-state index in [1.54, 1.807) is 55.5 Å². The summed E-state index contributed by atoms with van der Waals surface area (Å²) in [5, 5.41) is 5.82. The van der Waals surface area contributed by atoms with Gasteiger partial charge in [0.25, 0.3) is 5.91 Å². The number of carbonyl (C=O) groups is 4. The van der Waals surface area contributed by atoms with Crippen molar-refractivity contribution >= 4 is 40.9 Å². The zero-order valence-corrected chi connectivity index (χ0v) is 16.7. The average Bonchev–Trinajstić information content (AvgIpc) is 2.94. The first-order valence-corrected chi connectivity index (χ1v) is 9.46. The summed E-state index contributed by atoms with van der Waals surface area (Å²) in [6.45, 7) is 2.70. The molecule has 0 aromatic heterocycles. The highest BCUT2D eigenvalue weighted by atomic mass is 35.5. The van der Waals surface area contributed by atoms with Crippen LogP contribution in [0.4, 0.5) is 10.5 Å². The number of rotatable bonds is 6. The summed E-state index contributed by atoms with van der Waals surface area (Å²) in [6, 6.07) is 12.5. The highest BCUT2D eigenvalue weighted by Gasteiger charge is 2.51. The van der Waals surface area contributed by atoms with Crippen molar-refractivity contribution in [2.24, 2.45) is 0 Å². The highest BCUT2D eigenvalue weighted by Crippen LogP contribution is 2.33. The molecule has 0 unspecified atom stereocenters. The summed E-state index contributed by atoms with van der Waals surface area (Å²) < 4.78 is 0. The third-order valence-corrected chi connectivity index (χ3v) is 5.18. The van der Waals surface area contributed by atoms with Crippen molar-refractivity contribution in [1.82, 2.24) is 10.2 Å². The number of hydrogen-bond donors (Lipinski definition) is 2. The standard InChI is InChI=1S/C21H20ClN3O4/c1-3-21(14-8-10-15(22)11-9-14)19(28)25(20(29)24-21)12-18(27)23-17-7-5-4-6-16(17)13(2)26/h4-11H,3,12H2,1-2H3,(H,23,27)(H,24,29)/t21-/m1/s1. The number of carbonyl (C=O) groups excluding carboxylic acids is 4. The van der Waals surface area contributed by atoms with Crippen LogP contribution in [-0.4, -0.2) is 35.1 Å². The molecule has 0 spiro atoms. The molecule has 2 N–H and O–H groups in total. The predicted molar refractivity (Wildman–Crippen MR) is 109 cm³/mol. The van der Waals surface area contributed by atoms with E-state index in [0.29, 0.717) is 28.3 Å². The minimum atomic E-state index is -1.25. The van der Waals surface area contributed by atoms with Crippen LogP contribution in [0.5, 0.6) is 0 Å². The van der Waals surface area contributed by atoms with Crippen LogP contribution < -0.4 is 10.6 Å². The highest BCUT2D eigenvalue weighted by molar-refractivity contribution is 6.30. The van der Waals surface area contributed by atoms with E-state index in [4.69, 9.17) is 11.6 Å². The molecule has 1 fully saturated rings. The van der Waals surface area contributed by atoms with Gasteiger partial charge in [0.1, 0.15) is 12.1 Å². The average molecular weight is 414 g/mol. The van der Waals surface area contributed by atoms with E-state index < -0.39 is 29.9 Å². The number of anilines is 1. The number of Topliss-reactive ketones (excluding diaryl/α,β-unsaturated/α-hetero) is 1. The summed E-state index contributed by atoms with van der Waals surface area (Å²) in [4.78, 5) is 50.7. The SMILES string of the molecule is CC[C@]1(c2ccc(Cl)cc2)NC(=O)N(CC(=O)Nc2ccccc2C(C)=O)C1=O. The number of halogens is 1. The van der Waals surface area contributed by atoms with Crippen molar-refractivity contribution in [1.29, 1.82) is 0 Å². The molecule has 0 radical (unpaired) electrons. The zero-order chi connectivity index (χ0) is 21.2. The van der Waals surface area contributed by atoms with Crippen LogP contribution in [0.15, 0.2) is 48.5 Å². The van der Waals surface area contributed by atoms with Crippen molar-refractivity contribution in [3.8, 4) is 0 Å². The van der Waals surface area contributed by atoms with Gasteiger partial charge in [0.15, 0.2) is 5.78 Å². The van der Waals surface area contributed by atoms with Crippen LogP contribution >= 0.6 is 11.6 Å². The number of hydrogen-bond acceptors (Lipinski definition) is 4. The normalized spacial score (nSPS) is 18.5. The number of nitrogens with zero attached hydrogens (tertiary/aromatic N) is 1. The number of ketones is 1. The fourth-order valence-corrected chi connectivity index (χ4v) is 3.50. The maximum Gasteiger partial charge on any atom is 0.325 e. The van der Waals surface area contributed by atoms with Crippen LogP contribution in [0.2, 0.25) is 5.02 Å². The van der Waals surface area contributed by atoms with E-state index in [1.807, 2.05) is 0 Å². The molecule has 0 bridgehead atoms. The van der Waals surface area contributed by atoms with Crippen molar-refractivity contribution in [3.05, 3.63) is 64.7 Å². The van der Waals surface area contributed by atoms with Crippen molar-refractivity contribution in [2.45, 2.75) is 25.8 Å².